The fraction of sp³-hybridized carbons (Fsp3) is 0. The molecule has 0 aliphatic rings. The van der Waals surface area contributed by atoms with Crippen LogP contribution in [0.2, 0.25) is 15.1 Å². The Morgan fingerprint density at radius 1 is 1.08 bits per heavy atom. The van der Waals surface area contributed by atoms with Crippen molar-refractivity contribution in [2.75, 3.05) is 5.32 Å². The van der Waals surface area contributed by atoms with Gasteiger partial charge in [-0.25, -0.2) is 4.98 Å². The van der Waals surface area contributed by atoms with Crippen LogP contribution in [-0.4, -0.2) is 16.0 Å². The minimum absolute atomic E-state index is 0.0375. The second-order valence-corrected chi connectivity index (χ2v) is 6.03. The van der Waals surface area contributed by atoms with Gasteiger partial charge in [-0.15, -0.1) is 0 Å². The van der Waals surface area contributed by atoms with Crippen LogP contribution in [0.25, 0.3) is 11.5 Å². The zero-order chi connectivity index (χ0) is 17.3. The number of benzene rings is 2. The third kappa shape index (κ3) is 3.48. The Morgan fingerprint density at radius 2 is 1.88 bits per heavy atom. The summed E-state index contributed by atoms with van der Waals surface area (Å²) in [6.45, 7) is 0. The Kier molecular flexibility index (Phi) is 4.66. The molecule has 8 heteroatoms. The summed E-state index contributed by atoms with van der Waals surface area (Å²) in [5.74, 6) is -0.447. The van der Waals surface area contributed by atoms with E-state index in [1.807, 2.05) is 0 Å². The van der Waals surface area contributed by atoms with E-state index in [2.05, 4.69) is 10.3 Å². The van der Waals surface area contributed by atoms with E-state index in [1.165, 1.54) is 24.5 Å². The van der Waals surface area contributed by atoms with Gasteiger partial charge in [0.1, 0.15) is 12.0 Å². The van der Waals surface area contributed by atoms with Gasteiger partial charge in [0, 0.05) is 10.6 Å². The third-order valence-electron chi connectivity index (χ3n) is 3.11. The number of aromatic nitrogens is 1. The molecule has 2 N–H and O–H groups in total. The van der Waals surface area contributed by atoms with E-state index in [-0.39, 0.29) is 23.0 Å². The van der Waals surface area contributed by atoms with Gasteiger partial charge in [-0.1, -0.05) is 34.8 Å². The molecule has 24 heavy (non-hydrogen) atoms. The SMILES string of the molecule is O=C(Nc1cc(Cl)ccc1O)c1coc(-c2ccc(Cl)c(Cl)c2)n1. The number of phenolic OH excluding ortho intramolecular Hbond substituents is 1. The lowest BCUT2D eigenvalue weighted by molar-refractivity contribution is 0.102. The number of aromatic hydroxyl groups is 1. The second kappa shape index (κ2) is 6.73. The van der Waals surface area contributed by atoms with E-state index in [1.54, 1.807) is 18.2 Å². The maximum Gasteiger partial charge on any atom is 0.277 e. The number of nitrogens with zero attached hydrogens (tertiary/aromatic N) is 1. The molecule has 1 aromatic heterocycles. The van der Waals surface area contributed by atoms with E-state index in [9.17, 15) is 9.90 Å². The maximum absolute atomic E-state index is 12.2. The van der Waals surface area contributed by atoms with Crippen LogP contribution in [0, 0.1) is 0 Å². The number of amides is 1. The van der Waals surface area contributed by atoms with Crippen LogP contribution in [0.15, 0.2) is 47.1 Å². The van der Waals surface area contributed by atoms with Crippen LogP contribution in [0.1, 0.15) is 10.5 Å². The predicted molar refractivity (Wildman–Crippen MR) is 93.0 cm³/mol. The molecule has 1 amide bonds. The lowest BCUT2D eigenvalue weighted by atomic mass is 10.2. The number of hydrogen-bond acceptors (Lipinski definition) is 4. The van der Waals surface area contributed by atoms with Gasteiger partial charge in [0.15, 0.2) is 5.69 Å². The van der Waals surface area contributed by atoms with Crippen molar-refractivity contribution >= 4 is 46.4 Å². The zero-order valence-electron chi connectivity index (χ0n) is 11.9. The number of hydrogen-bond donors (Lipinski definition) is 2. The highest BCUT2D eigenvalue weighted by Gasteiger charge is 2.16. The molecule has 0 bridgehead atoms. The lowest BCUT2D eigenvalue weighted by Crippen LogP contribution is -2.12. The van der Waals surface area contributed by atoms with E-state index >= 15 is 0 Å². The smallest absolute Gasteiger partial charge is 0.277 e. The van der Waals surface area contributed by atoms with Crippen molar-refractivity contribution in [1.29, 1.82) is 0 Å². The molecular weight excluding hydrogens is 375 g/mol. The quantitative estimate of drug-likeness (QED) is 0.605. The molecule has 0 spiro atoms. The van der Waals surface area contributed by atoms with Crippen molar-refractivity contribution in [3.8, 4) is 17.2 Å². The summed E-state index contributed by atoms with van der Waals surface area (Å²) >= 11 is 17.6. The topological polar surface area (TPSA) is 75.4 Å². The first-order chi connectivity index (χ1) is 11.4. The second-order valence-electron chi connectivity index (χ2n) is 4.78. The van der Waals surface area contributed by atoms with E-state index in [0.29, 0.717) is 20.6 Å². The summed E-state index contributed by atoms with van der Waals surface area (Å²) in [5.41, 5.74) is 0.788. The van der Waals surface area contributed by atoms with E-state index in [4.69, 9.17) is 39.2 Å². The lowest BCUT2D eigenvalue weighted by Gasteiger charge is -2.05. The minimum atomic E-state index is -0.553. The highest BCUT2D eigenvalue weighted by molar-refractivity contribution is 6.42. The van der Waals surface area contributed by atoms with Crippen LogP contribution >= 0.6 is 34.8 Å². The first-order valence-corrected chi connectivity index (χ1v) is 7.78. The molecule has 0 aliphatic carbocycles. The molecule has 0 saturated heterocycles. The molecule has 2 aromatic carbocycles. The summed E-state index contributed by atoms with van der Waals surface area (Å²) in [4.78, 5) is 16.3. The van der Waals surface area contributed by atoms with Gasteiger partial charge in [0.05, 0.1) is 15.7 Å². The molecule has 0 unspecified atom stereocenters. The predicted octanol–water partition coefficient (Wildman–Crippen LogP) is 5.26. The fourth-order valence-electron chi connectivity index (χ4n) is 1.93. The Morgan fingerprint density at radius 3 is 2.62 bits per heavy atom. The number of carbonyl (C=O) groups is 1. The maximum atomic E-state index is 12.2. The van der Waals surface area contributed by atoms with Crippen molar-refractivity contribution in [2.24, 2.45) is 0 Å². The van der Waals surface area contributed by atoms with Crippen LogP contribution in [0.5, 0.6) is 5.75 Å². The zero-order valence-corrected chi connectivity index (χ0v) is 14.2. The van der Waals surface area contributed by atoms with Gasteiger partial charge >= 0.3 is 0 Å². The number of halogens is 3. The minimum Gasteiger partial charge on any atom is -0.506 e. The first-order valence-electron chi connectivity index (χ1n) is 6.65. The number of carbonyl (C=O) groups excluding carboxylic acids is 1. The normalized spacial score (nSPS) is 10.6. The summed E-state index contributed by atoms with van der Waals surface area (Å²) < 4.78 is 5.30. The number of rotatable bonds is 3. The molecule has 0 radical (unpaired) electrons. The molecule has 0 aliphatic heterocycles. The molecule has 0 fully saturated rings. The Bertz CT molecular complexity index is 925. The van der Waals surface area contributed by atoms with Crippen LogP contribution < -0.4 is 5.32 Å². The number of oxazole rings is 1. The standard InChI is InChI=1S/C16H9Cl3N2O3/c17-9-2-4-14(22)12(6-9)20-15(23)13-7-24-16(21-13)8-1-3-10(18)11(19)5-8/h1-7,22H,(H,20,23). The molecule has 3 aromatic rings. The van der Waals surface area contributed by atoms with Crippen molar-refractivity contribution in [3.05, 3.63) is 63.4 Å². The Labute approximate surface area is 151 Å². The number of nitrogens with one attached hydrogen (secondary N) is 1. The fourth-order valence-corrected chi connectivity index (χ4v) is 2.40. The number of anilines is 1. The van der Waals surface area contributed by atoms with Gasteiger partial charge in [-0.3, -0.25) is 4.79 Å². The molecular formula is C16H9Cl3N2O3. The van der Waals surface area contributed by atoms with Crippen molar-refractivity contribution in [2.45, 2.75) is 0 Å². The summed E-state index contributed by atoms with van der Waals surface area (Å²) in [7, 11) is 0. The Hall–Kier alpha value is -2.21. The van der Waals surface area contributed by atoms with Crippen molar-refractivity contribution < 1.29 is 14.3 Å². The third-order valence-corrected chi connectivity index (χ3v) is 4.08. The molecule has 0 atom stereocenters. The first kappa shape index (κ1) is 16.6. The monoisotopic (exact) mass is 382 g/mol. The molecule has 3 rings (SSSR count). The Balaban J connectivity index is 1.83. The average molecular weight is 384 g/mol. The van der Waals surface area contributed by atoms with E-state index in [0.717, 1.165) is 0 Å². The van der Waals surface area contributed by atoms with Gasteiger partial charge < -0.3 is 14.8 Å². The highest BCUT2D eigenvalue weighted by atomic mass is 35.5. The van der Waals surface area contributed by atoms with Gasteiger partial charge in [0.2, 0.25) is 5.89 Å². The molecule has 122 valence electrons. The molecule has 1 heterocycles. The van der Waals surface area contributed by atoms with Crippen molar-refractivity contribution in [1.82, 2.24) is 4.98 Å². The van der Waals surface area contributed by atoms with Crippen LogP contribution in [0.4, 0.5) is 5.69 Å². The van der Waals surface area contributed by atoms with Gasteiger partial charge in [0.25, 0.3) is 5.91 Å². The van der Waals surface area contributed by atoms with Gasteiger partial charge in [-0.2, -0.15) is 0 Å². The highest BCUT2D eigenvalue weighted by Crippen LogP contribution is 2.29. The molecule has 5 nitrogen and oxygen atoms in total. The largest absolute Gasteiger partial charge is 0.506 e. The molecule has 0 saturated carbocycles. The van der Waals surface area contributed by atoms with Gasteiger partial charge in [-0.05, 0) is 36.4 Å². The van der Waals surface area contributed by atoms with E-state index < -0.39 is 5.91 Å². The average Bonchev–Trinajstić information content (AvgIpc) is 3.03. The summed E-state index contributed by atoms with van der Waals surface area (Å²) in [5, 5.41) is 13.4. The van der Waals surface area contributed by atoms with Crippen LogP contribution in [-0.2, 0) is 0 Å². The van der Waals surface area contributed by atoms with Crippen molar-refractivity contribution in [3.63, 3.8) is 0 Å². The number of phenols is 1. The summed E-state index contributed by atoms with van der Waals surface area (Å²) in [6, 6.07) is 9.17. The van der Waals surface area contributed by atoms with Crippen LogP contribution in [0.3, 0.4) is 0 Å². The summed E-state index contributed by atoms with van der Waals surface area (Å²) in [6.07, 6.45) is 1.20.